The summed E-state index contributed by atoms with van der Waals surface area (Å²) in [5, 5.41) is 23.4. The molecule has 0 saturated heterocycles. The number of pyridine rings is 1. The van der Waals surface area contributed by atoms with Crippen LogP contribution in [0.1, 0.15) is 24.1 Å². The van der Waals surface area contributed by atoms with E-state index in [0.29, 0.717) is 72.9 Å². The van der Waals surface area contributed by atoms with Gasteiger partial charge in [-0.3, -0.25) is 0 Å². The molecule has 2 aromatic rings. The number of anilines is 2. The van der Waals surface area contributed by atoms with Crippen LogP contribution < -0.4 is 24.8 Å². The summed E-state index contributed by atoms with van der Waals surface area (Å²) in [6, 6.07) is 5.93. The molecule has 14 heteroatoms. The van der Waals surface area contributed by atoms with Gasteiger partial charge in [0.05, 0.1) is 33.1 Å². The Kier molecular flexibility index (Phi) is 12.4. The second-order valence-electron chi connectivity index (χ2n) is 7.34. The van der Waals surface area contributed by atoms with E-state index in [2.05, 4.69) is 21.7 Å². The lowest BCUT2D eigenvalue weighted by atomic mass is 9.98. The maximum atomic E-state index is 10.6. The number of hydrogen-bond donors (Lipinski definition) is 3. The molecule has 0 atom stereocenters. The third-order valence-electron chi connectivity index (χ3n) is 4.96. The van der Waals surface area contributed by atoms with Crippen molar-refractivity contribution in [3.05, 3.63) is 28.8 Å². The Morgan fingerprint density at radius 1 is 1.11 bits per heavy atom. The van der Waals surface area contributed by atoms with Crippen LogP contribution in [0.4, 0.5) is 24.7 Å². The van der Waals surface area contributed by atoms with E-state index < -0.39 is 12.1 Å². The minimum absolute atomic E-state index is 0. The normalized spacial score (nSPS) is 11.2. The van der Waals surface area contributed by atoms with Crippen LogP contribution in [0.5, 0.6) is 23.1 Å². The number of nitrogens with one attached hydrogen (secondary N) is 2. The van der Waals surface area contributed by atoms with E-state index in [9.17, 15) is 18.4 Å². The van der Waals surface area contributed by atoms with Gasteiger partial charge < -0.3 is 39.4 Å². The molecule has 0 radical (unpaired) electrons. The topological polar surface area (TPSA) is 144 Å². The summed E-state index contributed by atoms with van der Waals surface area (Å²) in [6.45, 7) is 2.03. The molecule has 1 aromatic carbocycles. The Balaban J connectivity index is 0.000000797. The number of methoxy groups -OCH3 is 4. The van der Waals surface area contributed by atoms with Crippen LogP contribution in [0.15, 0.2) is 12.1 Å². The molecular weight excluding hydrogens is 513 g/mol. The van der Waals surface area contributed by atoms with E-state index in [1.54, 1.807) is 34.5 Å². The molecule has 0 saturated carbocycles. The van der Waals surface area contributed by atoms with Gasteiger partial charge in [-0.05, 0) is 6.07 Å². The van der Waals surface area contributed by atoms with Gasteiger partial charge in [0, 0.05) is 50.9 Å². The van der Waals surface area contributed by atoms with Crippen LogP contribution in [0, 0.1) is 11.3 Å². The van der Waals surface area contributed by atoms with Crippen LogP contribution >= 0.6 is 0 Å². The Hall–Kier alpha value is -3.96. The standard InChI is InChI=1S/C21H26N4O5.C2HF3O2.CH4/c1-26-7-5-23-19-14-9-13-10-17(28-3)18(29-4)11-16(13)30-21(14)25-20(15(19)12-22)24-6-8-27-2;3-2(4,5)1(6)7;/h10-11H,5-9H2,1-4H3,(H2,23,24,25);(H,6,7);1H4. The molecule has 210 valence electrons. The first-order chi connectivity index (χ1) is 17.6. The Bertz CT molecular complexity index is 1140. The van der Waals surface area contributed by atoms with Crippen LogP contribution in [0.3, 0.4) is 0 Å². The number of hydrogen-bond acceptors (Lipinski definition) is 10. The number of carboxylic acid groups (broad SMARTS) is 1. The molecule has 0 unspecified atom stereocenters. The van der Waals surface area contributed by atoms with Crippen LogP contribution in [-0.2, 0) is 20.7 Å². The van der Waals surface area contributed by atoms with E-state index in [-0.39, 0.29) is 7.43 Å². The molecule has 3 rings (SSSR count). The SMILES string of the molecule is C.COCCNc1nc2c(c(NCCOC)c1C#N)Cc1cc(OC)c(OC)cc1O2.O=C(O)C(F)(F)F. The zero-order valence-corrected chi connectivity index (χ0v) is 20.6. The summed E-state index contributed by atoms with van der Waals surface area (Å²) in [7, 11) is 6.42. The summed E-state index contributed by atoms with van der Waals surface area (Å²) in [6.07, 6.45) is -4.56. The Morgan fingerprint density at radius 2 is 1.66 bits per heavy atom. The maximum absolute atomic E-state index is 10.6. The van der Waals surface area contributed by atoms with Gasteiger partial charge in [-0.25, -0.2) is 4.79 Å². The van der Waals surface area contributed by atoms with Crippen molar-refractivity contribution >= 4 is 17.5 Å². The van der Waals surface area contributed by atoms with Crippen molar-refractivity contribution in [1.29, 1.82) is 5.26 Å². The van der Waals surface area contributed by atoms with Crippen molar-refractivity contribution in [3.8, 4) is 29.2 Å². The second-order valence-corrected chi connectivity index (χ2v) is 7.34. The predicted molar refractivity (Wildman–Crippen MR) is 133 cm³/mol. The summed E-state index contributed by atoms with van der Waals surface area (Å²) in [5.74, 6) is -0.0463. The maximum Gasteiger partial charge on any atom is 0.490 e. The minimum Gasteiger partial charge on any atom is -0.493 e. The number of nitriles is 1. The highest BCUT2D eigenvalue weighted by Gasteiger charge is 2.38. The third kappa shape index (κ3) is 8.02. The highest BCUT2D eigenvalue weighted by molar-refractivity contribution is 5.76. The van der Waals surface area contributed by atoms with Gasteiger partial charge in [-0.2, -0.15) is 23.4 Å². The molecular formula is C24H31F3N4O7. The van der Waals surface area contributed by atoms with E-state index in [4.69, 9.17) is 33.6 Å². The number of halogens is 3. The molecule has 0 fully saturated rings. The number of fused-ring (bicyclic) bond motifs is 2. The molecule has 1 aromatic heterocycles. The van der Waals surface area contributed by atoms with Crippen LogP contribution in [-0.4, -0.2) is 77.0 Å². The van der Waals surface area contributed by atoms with E-state index in [0.717, 1.165) is 11.1 Å². The molecule has 3 N–H and O–H groups in total. The fraction of sp³-hybridized carbons (Fsp3) is 0.458. The van der Waals surface area contributed by atoms with Gasteiger partial charge in [0.25, 0.3) is 0 Å². The van der Waals surface area contributed by atoms with Crippen LogP contribution in [0.25, 0.3) is 0 Å². The van der Waals surface area contributed by atoms with Crippen molar-refractivity contribution in [2.45, 2.75) is 20.0 Å². The number of carbonyl (C=O) groups is 1. The lowest BCUT2D eigenvalue weighted by Crippen LogP contribution is -2.21. The average Bonchev–Trinajstić information content (AvgIpc) is 2.86. The van der Waals surface area contributed by atoms with Gasteiger partial charge in [0.15, 0.2) is 11.5 Å². The first kappa shape index (κ1) is 32.1. The number of aliphatic carboxylic acids is 1. The summed E-state index contributed by atoms with van der Waals surface area (Å²) < 4.78 is 58.9. The van der Waals surface area contributed by atoms with Crippen molar-refractivity contribution in [3.63, 3.8) is 0 Å². The molecule has 1 aliphatic rings. The zero-order valence-electron chi connectivity index (χ0n) is 20.6. The summed E-state index contributed by atoms with van der Waals surface area (Å²) in [4.78, 5) is 13.5. The number of nitrogens with zero attached hydrogens (tertiary/aromatic N) is 2. The van der Waals surface area contributed by atoms with Gasteiger partial charge in [0.1, 0.15) is 23.2 Å². The van der Waals surface area contributed by atoms with Crippen molar-refractivity contribution in [1.82, 2.24) is 4.98 Å². The fourth-order valence-corrected chi connectivity index (χ4v) is 3.26. The minimum atomic E-state index is -5.08. The Morgan fingerprint density at radius 3 is 2.16 bits per heavy atom. The molecule has 0 bridgehead atoms. The number of carboxylic acids is 1. The number of rotatable bonds is 10. The number of aromatic nitrogens is 1. The van der Waals surface area contributed by atoms with Crippen LogP contribution in [0.2, 0.25) is 0 Å². The highest BCUT2D eigenvalue weighted by Crippen LogP contribution is 2.45. The van der Waals surface area contributed by atoms with Gasteiger partial charge in [-0.1, -0.05) is 7.43 Å². The number of benzene rings is 1. The molecule has 1 aliphatic heterocycles. The quantitative estimate of drug-likeness (QED) is 0.318. The summed E-state index contributed by atoms with van der Waals surface area (Å²) >= 11 is 0. The highest BCUT2D eigenvalue weighted by atomic mass is 19.4. The average molecular weight is 545 g/mol. The lowest BCUT2D eigenvalue weighted by Gasteiger charge is -2.25. The molecule has 11 nitrogen and oxygen atoms in total. The smallest absolute Gasteiger partial charge is 0.490 e. The largest absolute Gasteiger partial charge is 0.493 e. The van der Waals surface area contributed by atoms with Gasteiger partial charge in [-0.15, -0.1) is 0 Å². The van der Waals surface area contributed by atoms with E-state index >= 15 is 0 Å². The van der Waals surface area contributed by atoms with E-state index in [1.165, 1.54) is 0 Å². The molecule has 0 amide bonds. The lowest BCUT2D eigenvalue weighted by molar-refractivity contribution is -0.192. The molecule has 0 spiro atoms. The van der Waals surface area contributed by atoms with Gasteiger partial charge in [0.2, 0.25) is 5.88 Å². The number of ether oxygens (including phenoxy) is 5. The van der Waals surface area contributed by atoms with Crippen molar-refractivity contribution in [2.24, 2.45) is 0 Å². The fourth-order valence-electron chi connectivity index (χ4n) is 3.26. The first-order valence-corrected chi connectivity index (χ1v) is 10.8. The summed E-state index contributed by atoms with van der Waals surface area (Å²) in [5.41, 5.74) is 2.83. The second kappa shape index (κ2) is 14.7. The van der Waals surface area contributed by atoms with E-state index in [1.807, 2.05) is 6.07 Å². The van der Waals surface area contributed by atoms with Gasteiger partial charge >= 0.3 is 12.1 Å². The monoisotopic (exact) mass is 544 g/mol. The third-order valence-corrected chi connectivity index (χ3v) is 4.96. The van der Waals surface area contributed by atoms with Crippen molar-refractivity contribution < 1.29 is 46.8 Å². The zero-order chi connectivity index (χ0) is 27.6. The first-order valence-electron chi connectivity index (χ1n) is 10.8. The molecule has 0 aliphatic carbocycles. The number of alkyl halides is 3. The Labute approximate surface area is 218 Å². The molecule has 2 heterocycles. The molecule has 38 heavy (non-hydrogen) atoms. The predicted octanol–water partition coefficient (Wildman–Crippen LogP) is 4.05. The van der Waals surface area contributed by atoms with Crippen molar-refractivity contribution in [2.75, 3.05) is 65.4 Å².